The van der Waals surface area contributed by atoms with E-state index < -0.39 is 0 Å². The van der Waals surface area contributed by atoms with Gasteiger partial charge in [-0.2, -0.15) is 0 Å². The summed E-state index contributed by atoms with van der Waals surface area (Å²) in [6.07, 6.45) is 10.7. The molecule has 4 saturated carbocycles. The zero-order valence-corrected chi connectivity index (χ0v) is 21.0. The minimum absolute atomic E-state index is 0.0842. The second-order valence-corrected chi connectivity index (χ2v) is 12.1. The van der Waals surface area contributed by atoms with Crippen molar-refractivity contribution in [1.29, 1.82) is 0 Å². The number of rotatable bonds is 7. The summed E-state index contributed by atoms with van der Waals surface area (Å²) >= 11 is 0. The van der Waals surface area contributed by atoms with Gasteiger partial charge in [-0.3, -0.25) is 4.79 Å². The van der Waals surface area contributed by atoms with Gasteiger partial charge >= 0.3 is 5.97 Å². The minimum Gasteiger partial charge on any atom is -0.469 e. The molecular weight excluding hydrogens is 404 g/mol. The van der Waals surface area contributed by atoms with Crippen LogP contribution in [0.1, 0.15) is 85.0 Å². The van der Waals surface area contributed by atoms with Crippen LogP contribution in [-0.2, 0) is 19.0 Å². The maximum atomic E-state index is 11.7. The van der Waals surface area contributed by atoms with E-state index in [0.717, 1.165) is 32.1 Å². The van der Waals surface area contributed by atoms with E-state index in [4.69, 9.17) is 14.2 Å². The first-order valence-corrected chi connectivity index (χ1v) is 13.1. The fourth-order valence-corrected chi connectivity index (χ4v) is 9.13. The Morgan fingerprint density at radius 2 is 1.75 bits per heavy atom. The van der Waals surface area contributed by atoms with E-state index in [1.165, 1.54) is 32.8 Å². The average Bonchev–Trinajstić information content (AvgIpc) is 3.13. The largest absolute Gasteiger partial charge is 0.469 e. The van der Waals surface area contributed by atoms with Gasteiger partial charge in [0.2, 0.25) is 0 Å². The fourth-order valence-electron chi connectivity index (χ4n) is 9.13. The molecule has 0 aliphatic heterocycles. The Morgan fingerprint density at radius 3 is 2.47 bits per heavy atom. The highest BCUT2D eigenvalue weighted by molar-refractivity contribution is 5.69. The number of fused-ring (bicyclic) bond motifs is 5. The van der Waals surface area contributed by atoms with Crippen molar-refractivity contribution in [3.05, 3.63) is 0 Å². The van der Waals surface area contributed by atoms with E-state index in [0.29, 0.717) is 59.6 Å². The zero-order valence-electron chi connectivity index (χ0n) is 21.0. The Morgan fingerprint density at radius 1 is 1.03 bits per heavy atom. The summed E-state index contributed by atoms with van der Waals surface area (Å²) in [6.45, 7) is 7.80. The molecule has 4 rings (SSSR count). The Bertz CT molecular complexity index is 666. The van der Waals surface area contributed by atoms with Crippen molar-refractivity contribution < 1.29 is 24.1 Å². The summed E-state index contributed by atoms with van der Waals surface area (Å²) in [4.78, 5) is 11.7. The Labute approximate surface area is 195 Å². The predicted octanol–water partition coefficient (Wildman–Crippen LogP) is 5.19. The molecular formula is C27H46O5. The molecule has 0 amide bonds. The van der Waals surface area contributed by atoms with E-state index in [2.05, 4.69) is 20.8 Å². The number of hydrogen-bond donors (Lipinski definition) is 1. The summed E-state index contributed by atoms with van der Waals surface area (Å²) in [6, 6.07) is 0. The third kappa shape index (κ3) is 4.15. The molecule has 10 atom stereocenters. The zero-order chi connectivity index (χ0) is 23.1. The SMILES string of the molecule is COCO[C@H]1C[C@@H]2C[C@H](O)CC[C@]2(C)[C@H]2CC[C@]3(C)[C@@H]([C@H](C)CCC(=O)OC)CC[C@H]3[C@H]12. The van der Waals surface area contributed by atoms with E-state index >= 15 is 0 Å². The molecule has 4 aliphatic rings. The summed E-state index contributed by atoms with van der Waals surface area (Å²) in [5, 5.41) is 10.4. The van der Waals surface area contributed by atoms with Crippen molar-refractivity contribution in [2.24, 2.45) is 46.3 Å². The van der Waals surface area contributed by atoms with Crippen molar-refractivity contribution in [2.75, 3.05) is 21.0 Å². The second-order valence-electron chi connectivity index (χ2n) is 12.1. The lowest BCUT2D eigenvalue weighted by Crippen LogP contribution is -2.59. The van der Waals surface area contributed by atoms with Crippen LogP contribution >= 0.6 is 0 Å². The number of carbonyl (C=O) groups is 1. The van der Waals surface area contributed by atoms with Crippen LogP contribution in [0.3, 0.4) is 0 Å². The van der Waals surface area contributed by atoms with Crippen molar-refractivity contribution in [3.63, 3.8) is 0 Å². The van der Waals surface area contributed by atoms with Gasteiger partial charge in [-0.05, 0) is 104 Å². The third-order valence-corrected chi connectivity index (χ3v) is 10.8. The van der Waals surface area contributed by atoms with Gasteiger partial charge < -0.3 is 19.3 Å². The van der Waals surface area contributed by atoms with E-state index in [-0.39, 0.29) is 18.2 Å². The lowest BCUT2D eigenvalue weighted by Gasteiger charge is -2.63. The molecule has 1 N–H and O–H groups in total. The van der Waals surface area contributed by atoms with E-state index in [1.54, 1.807) is 7.11 Å². The topological polar surface area (TPSA) is 65.0 Å². The Kier molecular flexibility index (Phi) is 7.30. The maximum absolute atomic E-state index is 11.7. The molecule has 0 aromatic heterocycles. The third-order valence-electron chi connectivity index (χ3n) is 10.8. The Hall–Kier alpha value is -0.650. The first-order valence-electron chi connectivity index (χ1n) is 13.1. The molecule has 0 spiro atoms. The molecule has 0 unspecified atom stereocenters. The molecule has 5 nitrogen and oxygen atoms in total. The molecule has 5 heteroatoms. The highest BCUT2D eigenvalue weighted by Crippen LogP contribution is 2.68. The van der Waals surface area contributed by atoms with Crippen LogP contribution in [0.4, 0.5) is 0 Å². The van der Waals surface area contributed by atoms with Crippen LogP contribution in [0.25, 0.3) is 0 Å². The Balaban J connectivity index is 1.57. The summed E-state index contributed by atoms with van der Waals surface area (Å²) in [5.41, 5.74) is 0.648. The van der Waals surface area contributed by atoms with E-state index in [9.17, 15) is 9.90 Å². The highest BCUT2D eigenvalue weighted by Gasteiger charge is 2.63. The monoisotopic (exact) mass is 450 g/mol. The molecule has 184 valence electrons. The number of esters is 1. The van der Waals surface area contributed by atoms with Crippen LogP contribution in [-0.4, -0.2) is 44.3 Å². The molecule has 4 fully saturated rings. The molecule has 0 heterocycles. The van der Waals surface area contributed by atoms with Gasteiger partial charge in [-0.25, -0.2) is 0 Å². The molecule has 0 saturated heterocycles. The lowest BCUT2D eigenvalue weighted by molar-refractivity contribution is -0.207. The van der Waals surface area contributed by atoms with Gasteiger partial charge in [0.05, 0.1) is 19.3 Å². The molecule has 0 aromatic rings. The summed E-state index contributed by atoms with van der Waals surface area (Å²) < 4.78 is 16.7. The van der Waals surface area contributed by atoms with Crippen molar-refractivity contribution >= 4 is 5.97 Å². The van der Waals surface area contributed by atoms with Crippen LogP contribution in [0, 0.1) is 46.3 Å². The number of methoxy groups -OCH3 is 2. The van der Waals surface area contributed by atoms with Crippen LogP contribution in [0.15, 0.2) is 0 Å². The van der Waals surface area contributed by atoms with Gasteiger partial charge in [0, 0.05) is 13.5 Å². The predicted molar refractivity (Wildman–Crippen MR) is 124 cm³/mol. The standard InChI is InChI=1S/C27H46O5/c1-17(6-9-24(29)31-5)20-7-8-21-25-22(11-13-27(20,21)3)26(2)12-10-19(28)14-18(26)15-23(25)32-16-30-4/h17-23,25,28H,6-16H2,1-5H3/t17-,18+,19-,20-,21+,22+,23+,25+,26+,27-/m1/s1. The summed E-state index contributed by atoms with van der Waals surface area (Å²) in [5.74, 6) is 3.61. The van der Waals surface area contributed by atoms with Crippen molar-refractivity contribution in [3.8, 4) is 0 Å². The van der Waals surface area contributed by atoms with Gasteiger partial charge in [0.25, 0.3) is 0 Å². The number of ether oxygens (including phenoxy) is 3. The van der Waals surface area contributed by atoms with Gasteiger partial charge in [0.15, 0.2) is 0 Å². The van der Waals surface area contributed by atoms with E-state index in [1.807, 2.05) is 0 Å². The quantitative estimate of drug-likeness (QED) is 0.427. The van der Waals surface area contributed by atoms with Gasteiger partial charge in [0.1, 0.15) is 6.79 Å². The average molecular weight is 451 g/mol. The highest BCUT2D eigenvalue weighted by atomic mass is 16.7. The molecule has 0 aromatic carbocycles. The molecule has 0 bridgehead atoms. The first kappa shape index (κ1) is 24.5. The van der Waals surface area contributed by atoms with Crippen molar-refractivity contribution in [2.45, 2.75) is 97.2 Å². The van der Waals surface area contributed by atoms with Crippen LogP contribution in [0.5, 0.6) is 0 Å². The van der Waals surface area contributed by atoms with Gasteiger partial charge in [-0.1, -0.05) is 20.8 Å². The lowest BCUT2D eigenvalue weighted by atomic mass is 9.43. The number of aliphatic hydroxyl groups excluding tert-OH is 1. The normalized spacial score (nSPS) is 46.6. The molecule has 0 radical (unpaired) electrons. The smallest absolute Gasteiger partial charge is 0.305 e. The van der Waals surface area contributed by atoms with Crippen LogP contribution in [0.2, 0.25) is 0 Å². The summed E-state index contributed by atoms with van der Waals surface area (Å²) in [7, 11) is 3.21. The number of aliphatic hydroxyl groups is 1. The first-order chi connectivity index (χ1) is 15.2. The second kappa shape index (κ2) is 9.54. The number of carbonyl (C=O) groups excluding carboxylic acids is 1. The molecule has 4 aliphatic carbocycles. The van der Waals surface area contributed by atoms with Crippen molar-refractivity contribution in [1.82, 2.24) is 0 Å². The minimum atomic E-state index is -0.145. The maximum Gasteiger partial charge on any atom is 0.305 e. The number of hydrogen-bond acceptors (Lipinski definition) is 5. The van der Waals surface area contributed by atoms with Crippen LogP contribution < -0.4 is 0 Å². The molecule has 32 heavy (non-hydrogen) atoms. The van der Waals surface area contributed by atoms with Gasteiger partial charge in [-0.15, -0.1) is 0 Å². The fraction of sp³-hybridized carbons (Fsp3) is 0.963.